The molecule has 32 heavy (non-hydrogen) atoms. The first-order chi connectivity index (χ1) is 14.8. The molecule has 0 spiro atoms. The van der Waals surface area contributed by atoms with Gasteiger partial charge in [-0.05, 0) is 37.6 Å². The van der Waals surface area contributed by atoms with Gasteiger partial charge in [-0.15, -0.1) is 0 Å². The Morgan fingerprint density at radius 2 is 1.41 bits per heavy atom. The maximum Gasteiger partial charge on any atom is 0.490 e. The van der Waals surface area contributed by atoms with Gasteiger partial charge in [-0.1, -0.05) is 30.3 Å². The zero-order chi connectivity index (χ0) is 24.4. The van der Waals surface area contributed by atoms with Gasteiger partial charge in [0, 0.05) is 18.0 Å². The maximum absolute atomic E-state index is 10.6. The van der Waals surface area contributed by atoms with E-state index in [-0.39, 0.29) is 0 Å². The van der Waals surface area contributed by atoms with Crippen LogP contribution in [0.1, 0.15) is 35.7 Å². The summed E-state index contributed by atoms with van der Waals surface area (Å²) in [6.45, 7) is 2.23. The van der Waals surface area contributed by atoms with E-state index in [0.717, 1.165) is 19.5 Å². The van der Waals surface area contributed by atoms with Crippen molar-refractivity contribution in [2.45, 2.75) is 37.5 Å². The quantitative estimate of drug-likeness (QED) is 0.510. The second-order valence-corrected chi connectivity index (χ2v) is 6.61. The summed E-state index contributed by atoms with van der Waals surface area (Å²) in [5.41, 5.74) is 3.79. The smallest absolute Gasteiger partial charge is 0.475 e. The molecule has 7 nitrogen and oxygen atoms in total. The van der Waals surface area contributed by atoms with E-state index < -0.39 is 24.3 Å². The normalized spacial score (nSPS) is 14.4. The van der Waals surface area contributed by atoms with Gasteiger partial charge in [0.15, 0.2) is 0 Å². The third-order valence-corrected chi connectivity index (χ3v) is 4.13. The van der Waals surface area contributed by atoms with E-state index in [0.29, 0.717) is 5.92 Å². The number of carbonyl (C=O) groups is 2. The molecule has 1 fully saturated rings. The lowest BCUT2D eigenvalue weighted by atomic mass is 9.94. The molecule has 13 heteroatoms. The molecule has 0 radical (unpaired) electrons. The number of halogens is 6. The molecule has 178 valence electrons. The number of carboxylic acid groups (broad SMARTS) is 2. The first-order valence-electron chi connectivity index (χ1n) is 9.19. The lowest BCUT2D eigenvalue weighted by Crippen LogP contribution is -2.26. The number of H-pyrrole nitrogens is 1. The van der Waals surface area contributed by atoms with Crippen LogP contribution < -0.4 is 5.32 Å². The van der Waals surface area contributed by atoms with Crippen LogP contribution in [0.2, 0.25) is 0 Å². The third-order valence-electron chi connectivity index (χ3n) is 4.13. The molecule has 3 rings (SSSR count). The molecular formula is C19H21F6N3O4. The molecule has 1 saturated heterocycles. The average Bonchev–Trinajstić information content (AvgIpc) is 3.17. The zero-order valence-electron chi connectivity index (χ0n) is 16.5. The largest absolute Gasteiger partial charge is 0.490 e. The lowest BCUT2D eigenvalue weighted by molar-refractivity contribution is -0.193. The Morgan fingerprint density at radius 3 is 1.84 bits per heavy atom. The number of rotatable bonds is 3. The summed E-state index contributed by atoms with van der Waals surface area (Å²) in [7, 11) is 0. The number of aliphatic carboxylic acids is 2. The Morgan fingerprint density at radius 1 is 0.938 bits per heavy atom. The number of hydrogen-bond donors (Lipinski definition) is 4. The molecule has 4 N–H and O–H groups in total. The second kappa shape index (κ2) is 12.1. The molecule has 1 aliphatic heterocycles. The molecule has 0 saturated carbocycles. The van der Waals surface area contributed by atoms with Crippen LogP contribution in [0.4, 0.5) is 26.3 Å². The van der Waals surface area contributed by atoms with Crippen molar-refractivity contribution in [1.82, 2.24) is 15.5 Å². The van der Waals surface area contributed by atoms with Gasteiger partial charge in [-0.25, -0.2) is 9.59 Å². The summed E-state index contributed by atoms with van der Waals surface area (Å²) in [5, 5.41) is 25.3. The number of nitrogens with zero attached hydrogens (tertiary/aromatic N) is 1. The van der Waals surface area contributed by atoms with E-state index >= 15 is 0 Å². The fourth-order valence-corrected chi connectivity index (χ4v) is 2.61. The number of carboxylic acids is 2. The highest BCUT2D eigenvalue weighted by atomic mass is 19.4. The van der Waals surface area contributed by atoms with E-state index in [1.807, 2.05) is 0 Å². The average molecular weight is 469 g/mol. The molecular weight excluding hydrogens is 448 g/mol. The maximum atomic E-state index is 10.6. The summed E-state index contributed by atoms with van der Waals surface area (Å²) in [6, 6.07) is 12.8. The zero-order valence-corrected chi connectivity index (χ0v) is 16.5. The Hall–Kier alpha value is -3.09. The molecule has 0 bridgehead atoms. The van der Waals surface area contributed by atoms with Gasteiger partial charge in [-0.3, -0.25) is 5.10 Å². The standard InChI is InChI=1S/C15H19N3.2C2HF3O2/c1-2-4-12(5-3-1)10-14-11-15(18-17-14)13-6-8-16-9-7-13;2*3-2(4,5)1(6)7/h1-5,11,13,16H,6-10H2,(H,17,18);2*(H,6,7). The SMILES string of the molecule is O=C(O)C(F)(F)F.O=C(O)C(F)(F)F.c1ccc(Cc2cc(C3CCNCC3)n[nH]2)cc1. The van der Waals surface area contributed by atoms with E-state index in [4.69, 9.17) is 19.8 Å². The molecule has 0 amide bonds. The molecule has 0 atom stereocenters. The number of benzene rings is 1. The Kier molecular flexibility index (Phi) is 10.2. The fraction of sp³-hybridized carbons (Fsp3) is 0.421. The molecule has 0 aliphatic carbocycles. The van der Waals surface area contributed by atoms with Gasteiger partial charge in [0.1, 0.15) is 0 Å². The molecule has 1 aromatic heterocycles. The van der Waals surface area contributed by atoms with Gasteiger partial charge in [0.05, 0.1) is 5.69 Å². The molecule has 2 heterocycles. The minimum absolute atomic E-state index is 0.632. The van der Waals surface area contributed by atoms with Crippen molar-refractivity contribution >= 4 is 11.9 Å². The molecule has 1 aromatic carbocycles. The van der Waals surface area contributed by atoms with Crippen molar-refractivity contribution in [3.8, 4) is 0 Å². The number of aromatic amines is 1. The first kappa shape index (κ1) is 26.9. The summed E-state index contributed by atoms with van der Waals surface area (Å²) in [5.74, 6) is -4.88. The minimum atomic E-state index is -5.08. The number of alkyl halides is 6. The number of piperidine rings is 1. The summed E-state index contributed by atoms with van der Waals surface area (Å²) < 4.78 is 63.5. The number of nitrogens with one attached hydrogen (secondary N) is 2. The van der Waals surface area contributed by atoms with Gasteiger partial charge >= 0.3 is 24.3 Å². The predicted octanol–water partition coefficient (Wildman–Crippen LogP) is 3.73. The van der Waals surface area contributed by atoms with Crippen molar-refractivity contribution in [2.24, 2.45) is 0 Å². The van der Waals surface area contributed by atoms with Crippen LogP contribution >= 0.6 is 0 Å². The minimum Gasteiger partial charge on any atom is -0.475 e. The highest BCUT2D eigenvalue weighted by Crippen LogP contribution is 2.24. The van der Waals surface area contributed by atoms with Gasteiger partial charge in [-0.2, -0.15) is 31.4 Å². The van der Waals surface area contributed by atoms with Crippen molar-refractivity contribution in [2.75, 3.05) is 13.1 Å². The summed E-state index contributed by atoms with van der Waals surface area (Å²) >= 11 is 0. The lowest BCUT2D eigenvalue weighted by Gasteiger charge is -2.20. The van der Waals surface area contributed by atoms with Crippen LogP contribution in [0.3, 0.4) is 0 Å². The van der Waals surface area contributed by atoms with Crippen molar-refractivity contribution in [1.29, 1.82) is 0 Å². The summed E-state index contributed by atoms with van der Waals surface area (Å²) in [4.78, 5) is 17.8. The van der Waals surface area contributed by atoms with Gasteiger partial charge < -0.3 is 15.5 Å². The second-order valence-electron chi connectivity index (χ2n) is 6.61. The van der Waals surface area contributed by atoms with Crippen LogP contribution in [0.5, 0.6) is 0 Å². The van der Waals surface area contributed by atoms with Crippen molar-refractivity contribution < 1.29 is 46.1 Å². The number of aromatic nitrogens is 2. The van der Waals surface area contributed by atoms with Crippen LogP contribution in [0.25, 0.3) is 0 Å². The highest BCUT2D eigenvalue weighted by Gasteiger charge is 2.38. The molecule has 2 aromatic rings. The molecule has 0 unspecified atom stereocenters. The Balaban J connectivity index is 0.000000305. The van der Waals surface area contributed by atoms with Crippen molar-refractivity contribution in [3.05, 3.63) is 53.3 Å². The van der Waals surface area contributed by atoms with Crippen LogP contribution in [-0.2, 0) is 16.0 Å². The highest BCUT2D eigenvalue weighted by molar-refractivity contribution is 5.73. The van der Waals surface area contributed by atoms with Crippen LogP contribution in [0, 0.1) is 0 Å². The van der Waals surface area contributed by atoms with E-state index in [9.17, 15) is 26.3 Å². The van der Waals surface area contributed by atoms with Crippen molar-refractivity contribution in [3.63, 3.8) is 0 Å². The predicted molar refractivity (Wildman–Crippen MR) is 100 cm³/mol. The van der Waals surface area contributed by atoms with Crippen LogP contribution in [0.15, 0.2) is 36.4 Å². The Labute approximate surface area is 178 Å². The van der Waals surface area contributed by atoms with E-state index in [1.54, 1.807) is 0 Å². The van der Waals surface area contributed by atoms with E-state index in [1.165, 1.54) is 29.8 Å². The van der Waals surface area contributed by atoms with Crippen LogP contribution in [-0.4, -0.2) is 57.8 Å². The Bertz CT molecular complexity index is 823. The summed E-state index contributed by atoms with van der Waals surface area (Å²) in [6.07, 6.45) is -6.82. The van der Waals surface area contributed by atoms with Gasteiger partial charge in [0.2, 0.25) is 0 Å². The van der Waals surface area contributed by atoms with E-state index in [2.05, 4.69) is 51.9 Å². The molecule has 1 aliphatic rings. The first-order valence-corrected chi connectivity index (χ1v) is 9.19. The van der Waals surface area contributed by atoms with Gasteiger partial charge in [0.25, 0.3) is 0 Å². The topological polar surface area (TPSA) is 115 Å². The fourth-order valence-electron chi connectivity index (χ4n) is 2.61. The monoisotopic (exact) mass is 469 g/mol. The number of hydrogen-bond acceptors (Lipinski definition) is 4. The third kappa shape index (κ3) is 10.3.